The van der Waals surface area contributed by atoms with Gasteiger partial charge in [-0.05, 0) is 101 Å². The highest BCUT2D eigenvalue weighted by molar-refractivity contribution is 6.30. The molecule has 162 valence electrons. The van der Waals surface area contributed by atoms with Crippen LogP contribution in [0.1, 0.15) is 32.8 Å². The SMILES string of the molecule is C#[Si]C.C#[Si]C=C.C#[Si]CC(C)[Si]#C.C#[Si]CCC[Si]#C.CC(C)(O)c1ccccc1. The first kappa shape index (κ1) is 37.2. The van der Waals surface area contributed by atoms with Crippen LogP contribution in [0.25, 0.3) is 0 Å². The fraction of sp³-hybridized carbons (Fsp3) is 0.417. The average molecular weight is 509 g/mol. The first-order chi connectivity index (χ1) is 14.7. The summed E-state index contributed by atoms with van der Waals surface area (Å²) in [6, 6.07) is 44.0. The molecule has 0 bridgehead atoms. The Labute approximate surface area is 205 Å². The van der Waals surface area contributed by atoms with Gasteiger partial charge in [0, 0.05) is 14.5 Å². The van der Waals surface area contributed by atoms with Crippen molar-refractivity contribution in [1.82, 2.24) is 0 Å². The van der Waals surface area contributed by atoms with Crippen LogP contribution in [0.4, 0.5) is 0 Å². The molecule has 1 N–H and O–H groups in total. The Balaban J connectivity index is -0.000000156. The fourth-order valence-corrected chi connectivity index (χ4v) is 3.67. The number of benzene rings is 1. The lowest BCUT2D eigenvalue weighted by atomic mass is 9.99. The molecule has 1 unspecified atom stereocenters. The Bertz CT molecular complexity index is 786. The Kier molecular flexibility index (Phi) is 37.3. The number of hydrogen-bond acceptors (Lipinski definition) is 1. The van der Waals surface area contributed by atoms with E-state index >= 15 is 0 Å². The van der Waals surface area contributed by atoms with Crippen LogP contribution in [0.2, 0.25) is 30.2 Å². The summed E-state index contributed by atoms with van der Waals surface area (Å²) < 4.78 is 0. The second-order valence-corrected chi connectivity index (χ2v) is 11.6. The van der Waals surface area contributed by atoms with Crippen LogP contribution in [0.15, 0.2) is 42.6 Å². The van der Waals surface area contributed by atoms with E-state index < -0.39 is 5.60 Å². The molecule has 0 spiro atoms. The van der Waals surface area contributed by atoms with Gasteiger partial charge in [-0.15, -0.1) is 0 Å². The molecule has 7 heteroatoms. The molecule has 1 rings (SSSR count). The lowest BCUT2D eigenvalue weighted by molar-refractivity contribution is 0.0786. The summed E-state index contributed by atoms with van der Waals surface area (Å²) in [5.74, 6) is 0. The van der Waals surface area contributed by atoms with Gasteiger partial charge in [-0.1, -0.05) is 43.8 Å². The van der Waals surface area contributed by atoms with Gasteiger partial charge < -0.3 is 5.11 Å². The monoisotopic (exact) mass is 508 g/mol. The number of rotatable bonds is 4. The molecule has 0 aliphatic rings. The van der Waals surface area contributed by atoms with Crippen LogP contribution in [-0.4, -0.2) is 58.9 Å². The van der Waals surface area contributed by atoms with Crippen molar-refractivity contribution in [1.29, 1.82) is 0 Å². The van der Waals surface area contributed by atoms with Gasteiger partial charge in [0.1, 0.15) is 0 Å². The molecule has 0 saturated carbocycles. The summed E-state index contributed by atoms with van der Waals surface area (Å²) in [7, 11) is 3.36. The van der Waals surface area contributed by atoms with Crippen molar-refractivity contribution < 1.29 is 5.11 Å². The van der Waals surface area contributed by atoms with E-state index in [0.29, 0.717) is 59.3 Å². The molecule has 0 aromatic heterocycles. The van der Waals surface area contributed by atoms with Gasteiger partial charge in [-0.25, -0.2) is 0 Å². The maximum absolute atomic E-state index is 9.49. The van der Waals surface area contributed by atoms with Crippen LogP contribution >= 0.6 is 0 Å². The molecule has 1 atom stereocenters. The van der Waals surface area contributed by atoms with Crippen molar-refractivity contribution in [2.75, 3.05) is 0 Å². The van der Waals surface area contributed by atoms with Crippen LogP contribution in [-0.2, 0) is 5.60 Å². The van der Waals surface area contributed by atoms with Crippen molar-refractivity contribution in [2.45, 2.75) is 63.0 Å². The fourth-order valence-electron chi connectivity index (χ4n) is 1.37. The highest BCUT2D eigenvalue weighted by Crippen LogP contribution is 2.17. The summed E-state index contributed by atoms with van der Waals surface area (Å²) in [4.78, 5) is 0. The predicted molar refractivity (Wildman–Crippen MR) is 150 cm³/mol. The summed E-state index contributed by atoms with van der Waals surface area (Å²) >= 11 is 0. The first-order valence-corrected chi connectivity index (χ1v) is 17.4. The molecule has 1 nitrogen and oxygen atoms in total. The molecule has 0 fully saturated rings. The molecule has 1 aromatic carbocycles. The molecular formula is C24H36OSi6. The van der Waals surface area contributed by atoms with Crippen LogP contribution < -0.4 is 0 Å². The van der Waals surface area contributed by atoms with Crippen LogP contribution in [0.3, 0.4) is 0 Å². The van der Waals surface area contributed by atoms with E-state index in [4.69, 9.17) is 36.0 Å². The van der Waals surface area contributed by atoms with E-state index in [9.17, 15) is 5.11 Å². The topological polar surface area (TPSA) is 20.2 Å². The molecule has 1 aromatic rings. The van der Waals surface area contributed by atoms with E-state index in [-0.39, 0.29) is 0 Å². The van der Waals surface area contributed by atoms with Gasteiger partial charge in [0.05, 0.1) is 5.60 Å². The second kappa shape index (κ2) is 31.1. The van der Waals surface area contributed by atoms with Gasteiger partial charge in [-0.3, -0.25) is 0 Å². The Hall–Kier alpha value is -1.10. The third kappa shape index (κ3) is 39.9. The van der Waals surface area contributed by atoms with E-state index in [1.165, 1.54) is 6.42 Å². The van der Waals surface area contributed by atoms with E-state index in [0.717, 1.165) is 23.7 Å². The number of aliphatic hydroxyl groups is 1. The zero-order chi connectivity index (χ0) is 25.0. The minimum Gasteiger partial charge on any atom is -0.386 e. The maximum Gasteiger partial charge on any atom is 0.0840 e. The minimum absolute atomic E-state index is 0.404. The van der Waals surface area contributed by atoms with E-state index in [1.807, 2.05) is 36.9 Å². The van der Waals surface area contributed by atoms with E-state index in [1.54, 1.807) is 19.5 Å². The molecule has 31 heavy (non-hydrogen) atoms. The highest BCUT2D eigenvalue weighted by Gasteiger charge is 2.13. The molecule has 0 saturated heterocycles. The second-order valence-electron chi connectivity index (χ2n) is 6.32. The van der Waals surface area contributed by atoms with Gasteiger partial charge in [0.25, 0.3) is 0 Å². The number of hydrogen-bond donors (Lipinski definition) is 1. The normalized spacial score (nSPS) is 8.48. The van der Waals surface area contributed by atoms with Gasteiger partial charge >= 0.3 is 0 Å². The van der Waals surface area contributed by atoms with E-state index in [2.05, 4.69) is 13.5 Å². The maximum atomic E-state index is 9.49. The summed E-state index contributed by atoms with van der Waals surface area (Å²) in [5, 5.41) is 9.49. The summed E-state index contributed by atoms with van der Waals surface area (Å²) in [6.07, 6.45) is 1.21. The lowest BCUT2D eigenvalue weighted by Crippen LogP contribution is -2.14. The van der Waals surface area contributed by atoms with Crippen molar-refractivity contribution in [3.05, 3.63) is 48.2 Å². The van der Waals surface area contributed by atoms with Gasteiger partial charge in [0.15, 0.2) is 0 Å². The zero-order valence-electron chi connectivity index (χ0n) is 19.5. The largest absolute Gasteiger partial charge is 0.386 e. The zero-order valence-corrected chi connectivity index (χ0v) is 25.5. The van der Waals surface area contributed by atoms with Gasteiger partial charge in [-0.2, -0.15) is 36.0 Å². The van der Waals surface area contributed by atoms with Crippen LogP contribution in [0, 0.1) is 36.0 Å². The Morgan fingerprint density at radius 2 is 1.39 bits per heavy atom. The predicted octanol–water partition coefficient (Wildman–Crippen LogP) is 4.26. The third-order valence-electron chi connectivity index (χ3n) is 2.95. The Morgan fingerprint density at radius 1 is 0.968 bits per heavy atom. The summed E-state index contributed by atoms with van der Waals surface area (Å²) in [5.41, 5.74) is 2.57. The van der Waals surface area contributed by atoms with Crippen molar-refractivity contribution >= 4 is 53.8 Å². The first-order valence-electron chi connectivity index (χ1n) is 9.65. The van der Waals surface area contributed by atoms with Crippen molar-refractivity contribution in [3.63, 3.8) is 0 Å². The molecular weight excluding hydrogens is 473 g/mol. The standard InChI is InChI=1S/C9H12O.2C5H8Si2.C3H4Si.C2H4Si/c1-9(2,10)8-6-4-3-5-7-8;1-5(7-3)4-6-2;1-6-4-3-5-7-2;1-3-4-2;1-3-2/h3-7,10H,1-2H3;2-3,5H,4H2,1H3;1-2H,3-5H2;2-3H,1H2;1H,2H3. The Morgan fingerprint density at radius 3 is 1.58 bits per heavy atom. The van der Waals surface area contributed by atoms with Gasteiger partial charge in [0.2, 0.25) is 0 Å². The molecule has 0 heterocycles. The molecule has 0 radical (unpaired) electrons. The minimum atomic E-state index is -0.707. The van der Waals surface area contributed by atoms with Crippen molar-refractivity contribution in [3.8, 4) is 36.0 Å². The molecule has 0 aliphatic heterocycles. The third-order valence-corrected chi connectivity index (χ3v) is 6.50. The summed E-state index contributed by atoms with van der Waals surface area (Å²) in [6.45, 7) is 11.0. The lowest BCUT2D eigenvalue weighted by Gasteiger charge is -2.16. The highest BCUT2D eigenvalue weighted by atomic mass is 28.2. The smallest absolute Gasteiger partial charge is 0.0840 e. The average Bonchev–Trinajstić information content (AvgIpc) is 2.76. The van der Waals surface area contributed by atoms with Crippen LogP contribution in [0.5, 0.6) is 0 Å². The molecule has 0 amide bonds. The van der Waals surface area contributed by atoms with Crippen molar-refractivity contribution in [2.24, 2.45) is 0 Å². The quantitative estimate of drug-likeness (QED) is 0.476. The molecule has 0 aliphatic carbocycles.